The topological polar surface area (TPSA) is 59.7 Å². The highest BCUT2D eigenvalue weighted by Gasteiger charge is 2.42. The van der Waals surface area contributed by atoms with Gasteiger partial charge < -0.3 is 14.3 Å². The summed E-state index contributed by atoms with van der Waals surface area (Å²) in [6.45, 7) is 4.98. The van der Waals surface area contributed by atoms with E-state index in [4.69, 9.17) is 4.84 Å². The van der Waals surface area contributed by atoms with Gasteiger partial charge in [-0.25, -0.2) is 4.98 Å². The highest BCUT2D eigenvalue weighted by atomic mass is 16.7. The van der Waals surface area contributed by atoms with E-state index in [9.17, 15) is 4.79 Å². The van der Waals surface area contributed by atoms with Crippen LogP contribution in [-0.4, -0.2) is 45.3 Å². The summed E-state index contributed by atoms with van der Waals surface area (Å²) in [4.78, 5) is 23.2. The molecule has 0 bridgehead atoms. The molecular formula is C12H18N4O2. The Morgan fingerprint density at radius 3 is 3.00 bits per heavy atom. The average Bonchev–Trinajstić information content (AvgIpc) is 2.96. The lowest BCUT2D eigenvalue weighted by atomic mass is 9.99. The molecule has 1 amide bonds. The van der Waals surface area contributed by atoms with Gasteiger partial charge in [-0.2, -0.15) is 0 Å². The first-order valence-electron chi connectivity index (χ1n) is 5.94. The third-order valence-electron chi connectivity index (χ3n) is 3.05. The Morgan fingerprint density at radius 2 is 2.44 bits per heavy atom. The number of carbonyl (C=O) groups is 1. The fourth-order valence-corrected chi connectivity index (χ4v) is 2.04. The second-order valence-electron chi connectivity index (χ2n) is 4.85. The van der Waals surface area contributed by atoms with Gasteiger partial charge in [0.1, 0.15) is 0 Å². The Labute approximate surface area is 106 Å². The van der Waals surface area contributed by atoms with Gasteiger partial charge in [0, 0.05) is 39.0 Å². The fourth-order valence-electron chi connectivity index (χ4n) is 2.04. The summed E-state index contributed by atoms with van der Waals surface area (Å²) in [7, 11) is 1.78. The molecule has 0 aromatic carbocycles. The molecular weight excluding hydrogens is 232 g/mol. The number of hydrogen-bond donors (Lipinski definition) is 0. The van der Waals surface area contributed by atoms with E-state index in [-0.39, 0.29) is 5.91 Å². The van der Waals surface area contributed by atoms with Crippen molar-refractivity contribution in [3.8, 4) is 0 Å². The largest absolute Gasteiger partial charge is 0.379 e. The van der Waals surface area contributed by atoms with Crippen molar-refractivity contribution in [1.82, 2.24) is 14.5 Å². The van der Waals surface area contributed by atoms with E-state index in [1.54, 1.807) is 31.4 Å². The molecule has 0 aliphatic carbocycles. The summed E-state index contributed by atoms with van der Waals surface area (Å²) < 4.78 is 1.93. The maximum absolute atomic E-state index is 12.3. The van der Waals surface area contributed by atoms with Crippen LogP contribution in [0.15, 0.2) is 23.9 Å². The maximum Gasteiger partial charge on any atom is 0.269 e. The van der Waals surface area contributed by atoms with Gasteiger partial charge >= 0.3 is 0 Å². The number of likely N-dealkylation sites (N-methyl/N-ethyl adjacent to an activating group) is 1. The van der Waals surface area contributed by atoms with E-state index in [1.165, 1.54) is 0 Å². The predicted octanol–water partition coefficient (Wildman–Crippen LogP) is 0.896. The molecule has 1 aromatic heterocycles. The molecule has 0 fully saturated rings. The van der Waals surface area contributed by atoms with Gasteiger partial charge in [0.25, 0.3) is 5.91 Å². The van der Waals surface area contributed by atoms with Crippen molar-refractivity contribution in [2.75, 3.05) is 13.6 Å². The smallest absolute Gasteiger partial charge is 0.269 e. The van der Waals surface area contributed by atoms with Crippen LogP contribution in [0, 0.1) is 0 Å². The van der Waals surface area contributed by atoms with Crippen LogP contribution in [0.1, 0.15) is 20.3 Å². The van der Waals surface area contributed by atoms with Gasteiger partial charge in [-0.15, -0.1) is 0 Å². The third kappa shape index (κ3) is 2.52. The highest BCUT2D eigenvalue weighted by Crippen LogP contribution is 2.25. The molecule has 0 spiro atoms. The van der Waals surface area contributed by atoms with Crippen LogP contribution < -0.4 is 0 Å². The van der Waals surface area contributed by atoms with Crippen LogP contribution in [0.5, 0.6) is 0 Å². The van der Waals surface area contributed by atoms with Crippen LogP contribution in [0.3, 0.4) is 0 Å². The molecule has 1 aliphatic heterocycles. The molecule has 0 saturated carbocycles. The monoisotopic (exact) mass is 250 g/mol. The lowest BCUT2D eigenvalue weighted by molar-refractivity contribution is -0.151. The normalized spacial score (nSPS) is 22.5. The Morgan fingerprint density at radius 1 is 1.67 bits per heavy atom. The number of oxime groups is 1. The standard InChI is InChI=1S/C12H18N4O2/c1-10-8-12(2,18-14-10)11(17)15(3)6-7-16-5-4-13-9-16/h4-5,9H,6-8H2,1-3H3. The third-order valence-corrected chi connectivity index (χ3v) is 3.05. The molecule has 18 heavy (non-hydrogen) atoms. The molecule has 6 heteroatoms. The van der Waals surface area contributed by atoms with Gasteiger partial charge in [-0.3, -0.25) is 4.79 Å². The molecule has 1 aromatic rings. The number of imidazole rings is 1. The lowest BCUT2D eigenvalue weighted by Crippen LogP contribution is -2.46. The van der Waals surface area contributed by atoms with Crippen molar-refractivity contribution in [1.29, 1.82) is 0 Å². The van der Waals surface area contributed by atoms with Crippen molar-refractivity contribution in [2.45, 2.75) is 32.4 Å². The molecule has 2 rings (SSSR count). The van der Waals surface area contributed by atoms with Crippen LogP contribution in [-0.2, 0) is 16.2 Å². The van der Waals surface area contributed by atoms with E-state index < -0.39 is 5.60 Å². The first-order valence-corrected chi connectivity index (χ1v) is 5.94. The van der Waals surface area contributed by atoms with Gasteiger partial charge in [0.2, 0.25) is 5.60 Å². The van der Waals surface area contributed by atoms with Crippen LogP contribution in [0.4, 0.5) is 0 Å². The number of carbonyl (C=O) groups excluding carboxylic acids is 1. The molecule has 1 unspecified atom stereocenters. The number of hydrogen-bond acceptors (Lipinski definition) is 4. The zero-order valence-electron chi connectivity index (χ0n) is 11.0. The van der Waals surface area contributed by atoms with E-state index >= 15 is 0 Å². The summed E-state index contributed by atoms with van der Waals surface area (Å²) >= 11 is 0. The van der Waals surface area contributed by atoms with E-state index in [0.717, 1.165) is 12.3 Å². The summed E-state index contributed by atoms with van der Waals surface area (Å²) in [5, 5.41) is 3.86. The SMILES string of the molecule is CC1=NOC(C)(C(=O)N(C)CCn2ccnc2)C1. The van der Waals surface area contributed by atoms with Gasteiger partial charge in [0.05, 0.1) is 12.0 Å². The van der Waals surface area contributed by atoms with Gasteiger partial charge in [-0.05, 0) is 13.8 Å². The minimum absolute atomic E-state index is 0.0387. The Hall–Kier alpha value is -1.85. The van der Waals surface area contributed by atoms with E-state index in [1.807, 2.05) is 17.7 Å². The predicted molar refractivity (Wildman–Crippen MR) is 67.1 cm³/mol. The number of rotatable bonds is 4. The molecule has 0 saturated heterocycles. The number of aromatic nitrogens is 2. The summed E-state index contributed by atoms with van der Waals surface area (Å²) in [6.07, 6.45) is 5.89. The summed E-state index contributed by atoms with van der Waals surface area (Å²) in [6, 6.07) is 0. The number of nitrogens with zero attached hydrogens (tertiary/aromatic N) is 4. The first-order chi connectivity index (χ1) is 8.51. The maximum atomic E-state index is 12.3. The molecule has 2 heterocycles. The van der Waals surface area contributed by atoms with Crippen molar-refractivity contribution in [2.24, 2.45) is 5.16 Å². The van der Waals surface area contributed by atoms with Crippen LogP contribution >= 0.6 is 0 Å². The Kier molecular flexibility index (Phi) is 3.36. The van der Waals surface area contributed by atoms with Crippen molar-refractivity contribution in [3.05, 3.63) is 18.7 Å². The molecule has 0 N–H and O–H groups in total. The average molecular weight is 250 g/mol. The minimum Gasteiger partial charge on any atom is -0.379 e. The molecule has 0 radical (unpaired) electrons. The zero-order chi connectivity index (χ0) is 13.2. The molecule has 6 nitrogen and oxygen atoms in total. The van der Waals surface area contributed by atoms with Crippen molar-refractivity contribution < 1.29 is 9.63 Å². The molecule has 98 valence electrons. The second-order valence-corrected chi connectivity index (χ2v) is 4.85. The Bertz CT molecular complexity index is 455. The van der Waals surface area contributed by atoms with Crippen LogP contribution in [0.2, 0.25) is 0 Å². The molecule has 1 atom stereocenters. The zero-order valence-corrected chi connectivity index (χ0v) is 11.0. The van der Waals surface area contributed by atoms with E-state index in [2.05, 4.69) is 10.1 Å². The minimum atomic E-state index is -0.840. The first kappa shape index (κ1) is 12.6. The van der Waals surface area contributed by atoms with E-state index in [0.29, 0.717) is 13.0 Å². The second kappa shape index (κ2) is 4.80. The quantitative estimate of drug-likeness (QED) is 0.797. The summed E-state index contributed by atoms with van der Waals surface area (Å²) in [5.41, 5.74) is 0.0159. The number of amides is 1. The van der Waals surface area contributed by atoms with Crippen LogP contribution in [0.25, 0.3) is 0 Å². The lowest BCUT2D eigenvalue weighted by Gasteiger charge is -2.27. The fraction of sp³-hybridized carbons (Fsp3) is 0.583. The van der Waals surface area contributed by atoms with Gasteiger partial charge in [-0.1, -0.05) is 5.16 Å². The van der Waals surface area contributed by atoms with Gasteiger partial charge in [0.15, 0.2) is 0 Å². The summed E-state index contributed by atoms with van der Waals surface area (Å²) in [5.74, 6) is -0.0387. The molecule has 1 aliphatic rings. The van der Waals surface area contributed by atoms with Crippen molar-refractivity contribution in [3.63, 3.8) is 0 Å². The Balaban J connectivity index is 1.89. The highest BCUT2D eigenvalue weighted by molar-refractivity contribution is 5.94. The van der Waals surface area contributed by atoms with Crippen molar-refractivity contribution >= 4 is 11.6 Å².